The van der Waals surface area contributed by atoms with E-state index in [-0.39, 0.29) is 11.4 Å². The third-order valence-electron chi connectivity index (χ3n) is 2.99. The van der Waals surface area contributed by atoms with Gasteiger partial charge < -0.3 is 9.73 Å². The van der Waals surface area contributed by atoms with Gasteiger partial charge in [0.05, 0.1) is 12.7 Å². The van der Waals surface area contributed by atoms with Gasteiger partial charge in [0.25, 0.3) is 0 Å². The van der Waals surface area contributed by atoms with Crippen molar-refractivity contribution in [3.8, 4) is 0 Å². The minimum Gasteiger partial charge on any atom is -0.464 e. The Kier molecular flexibility index (Phi) is 3.65. The van der Waals surface area contributed by atoms with E-state index in [0.29, 0.717) is 6.42 Å². The summed E-state index contributed by atoms with van der Waals surface area (Å²) in [5.41, 5.74) is 2.85. The molecule has 0 aliphatic carbocycles. The second kappa shape index (κ2) is 5.08. The number of nitrogens with one attached hydrogen (secondary N) is 1. The van der Waals surface area contributed by atoms with Gasteiger partial charge in [0, 0.05) is 16.5 Å². The molecule has 1 N–H and O–H groups in total. The van der Waals surface area contributed by atoms with Crippen LogP contribution in [0.5, 0.6) is 0 Å². The van der Waals surface area contributed by atoms with E-state index in [4.69, 9.17) is 4.42 Å². The van der Waals surface area contributed by atoms with Crippen LogP contribution in [-0.2, 0) is 17.6 Å². The topological polar surface area (TPSA) is 42.2 Å². The van der Waals surface area contributed by atoms with E-state index in [2.05, 4.69) is 24.4 Å². The quantitative estimate of drug-likeness (QED) is 0.917. The van der Waals surface area contributed by atoms with Crippen LogP contribution in [0.3, 0.4) is 0 Å². The molecule has 102 valence electrons. The summed E-state index contributed by atoms with van der Waals surface area (Å²) in [4.78, 5) is 12.0. The van der Waals surface area contributed by atoms with Gasteiger partial charge in [-0.25, -0.2) is 0 Å². The van der Waals surface area contributed by atoms with Crippen LogP contribution in [0.2, 0.25) is 0 Å². The van der Waals surface area contributed by atoms with E-state index in [1.165, 1.54) is 5.56 Å². The number of carbonyl (C=O) groups is 1. The monoisotopic (exact) mass is 259 g/mol. The first kappa shape index (κ1) is 13.7. The lowest BCUT2D eigenvalue weighted by molar-refractivity contribution is -0.121. The minimum absolute atomic E-state index is 0.0251. The Bertz CT molecular complexity index is 590. The van der Waals surface area contributed by atoms with Crippen LogP contribution in [-0.4, -0.2) is 11.4 Å². The maximum atomic E-state index is 12.0. The summed E-state index contributed by atoms with van der Waals surface area (Å²) >= 11 is 0. The van der Waals surface area contributed by atoms with Crippen LogP contribution in [0.4, 0.5) is 0 Å². The molecule has 0 spiro atoms. The molecule has 3 heteroatoms. The highest BCUT2D eigenvalue weighted by atomic mass is 16.3. The summed E-state index contributed by atoms with van der Waals surface area (Å²) in [6.07, 6.45) is 3.03. The summed E-state index contributed by atoms with van der Waals surface area (Å²) in [5, 5.41) is 4.01. The number of aryl methyl sites for hydroxylation is 1. The molecular weight excluding hydrogens is 238 g/mol. The molecule has 0 fully saturated rings. The molecule has 0 atom stereocenters. The summed E-state index contributed by atoms with van der Waals surface area (Å²) in [7, 11) is 0. The fraction of sp³-hybridized carbons (Fsp3) is 0.438. The van der Waals surface area contributed by atoms with Crippen LogP contribution in [0, 0.1) is 0 Å². The lowest BCUT2D eigenvalue weighted by Gasteiger charge is -2.20. The van der Waals surface area contributed by atoms with Crippen LogP contribution >= 0.6 is 0 Å². The van der Waals surface area contributed by atoms with Crippen molar-refractivity contribution in [1.82, 2.24) is 5.32 Å². The predicted octanol–water partition coefficient (Wildman–Crippen LogP) is 3.45. The third kappa shape index (κ3) is 3.37. The molecular formula is C16H21NO2. The first-order valence-electron chi connectivity index (χ1n) is 6.69. The van der Waals surface area contributed by atoms with Gasteiger partial charge in [-0.2, -0.15) is 0 Å². The molecule has 0 aliphatic rings. The molecule has 1 heterocycles. The van der Waals surface area contributed by atoms with Gasteiger partial charge in [-0.3, -0.25) is 4.79 Å². The van der Waals surface area contributed by atoms with E-state index < -0.39 is 0 Å². The second-order valence-corrected chi connectivity index (χ2v) is 5.92. The van der Waals surface area contributed by atoms with Crippen molar-refractivity contribution in [2.75, 3.05) is 0 Å². The van der Waals surface area contributed by atoms with Crippen LogP contribution in [0.25, 0.3) is 11.0 Å². The lowest BCUT2D eigenvalue weighted by Crippen LogP contribution is -2.41. The maximum Gasteiger partial charge on any atom is 0.224 e. The second-order valence-electron chi connectivity index (χ2n) is 5.92. The summed E-state index contributed by atoms with van der Waals surface area (Å²) < 4.78 is 5.50. The molecule has 0 radical (unpaired) electrons. The van der Waals surface area contributed by atoms with Crippen molar-refractivity contribution < 1.29 is 9.21 Å². The lowest BCUT2D eigenvalue weighted by atomic mass is 10.0. The normalized spacial score (nSPS) is 11.8. The molecule has 1 aromatic heterocycles. The number of fused-ring (bicyclic) bond motifs is 1. The van der Waals surface area contributed by atoms with E-state index in [0.717, 1.165) is 23.0 Å². The Hall–Kier alpha value is -1.77. The molecule has 1 aromatic carbocycles. The Labute approximate surface area is 114 Å². The standard InChI is InChI=1S/C16H21NO2/c1-5-11-6-7-14-13(8-11)12(10-19-14)9-15(18)17-16(2,3)4/h6-8,10H,5,9H2,1-4H3,(H,17,18). The van der Waals surface area contributed by atoms with Gasteiger partial charge in [0.1, 0.15) is 5.58 Å². The fourth-order valence-electron chi connectivity index (χ4n) is 2.12. The third-order valence-corrected chi connectivity index (χ3v) is 2.99. The van der Waals surface area contributed by atoms with E-state index in [1.54, 1.807) is 6.26 Å². The molecule has 19 heavy (non-hydrogen) atoms. The highest BCUT2D eigenvalue weighted by Gasteiger charge is 2.16. The van der Waals surface area contributed by atoms with Crippen LogP contribution < -0.4 is 5.32 Å². The van der Waals surface area contributed by atoms with Gasteiger partial charge in [-0.1, -0.05) is 13.0 Å². The fourth-order valence-corrected chi connectivity index (χ4v) is 2.12. The SMILES string of the molecule is CCc1ccc2occ(CC(=O)NC(C)(C)C)c2c1. The number of carbonyl (C=O) groups excluding carboxylic acids is 1. The van der Waals surface area contributed by atoms with Crippen molar-refractivity contribution in [3.05, 3.63) is 35.6 Å². The first-order valence-corrected chi connectivity index (χ1v) is 6.69. The van der Waals surface area contributed by atoms with E-state index in [1.807, 2.05) is 26.8 Å². The summed E-state index contributed by atoms with van der Waals surface area (Å²) in [6.45, 7) is 8.06. The summed E-state index contributed by atoms with van der Waals surface area (Å²) in [5.74, 6) is 0.0251. The van der Waals surface area contributed by atoms with Crippen molar-refractivity contribution in [2.24, 2.45) is 0 Å². The van der Waals surface area contributed by atoms with Crippen molar-refractivity contribution in [2.45, 2.75) is 46.1 Å². The molecule has 0 unspecified atom stereocenters. The Morgan fingerprint density at radius 1 is 1.32 bits per heavy atom. The highest BCUT2D eigenvalue weighted by Crippen LogP contribution is 2.23. The van der Waals surface area contributed by atoms with Crippen molar-refractivity contribution in [3.63, 3.8) is 0 Å². The molecule has 0 saturated carbocycles. The molecule has 0 saturated heterocycles. The van der Waals surface area contributed by atoms with Crippen molar-refractivity contribution >= 4 is 16.9 Å². The molecule has 3 nitrogen and oxygen atoms in total. The molecule has 2 rings (SSSR count). The number of benzene rings is 1. The Morgan fingerprint density at radius 2 is 2.05 bits per heavy atom. The maximum absolute atomic E-state index is 12.0. The molecule has 0 bridgehead atoms. The molecule has 0 aliphatic heterocycles. The van der Waals surface area contributed by atoms with Crippen molar-refractivity contribution in [1.29, 1.82) is 0 Å². The smallest absolute Gasteiger partial charge is 0.224 e. The largest absolute Gasteiger partial charge is 0.464 e. The average Bonchev–Trinajstić information content (AvgIpc) is 2.69. The van der Waals surface area contributed by atoms with Gasteiger partial charge in [0.2, 0.25) is 5.91 Å². The van der Waals surface area contributed by atoms with Gasteiger partial charge in [-0.15, -0.1) is 0 Å². The predicted molar refractivity (Wildman–Crippen MR) is 77.2 cm³/mol. The zero-order chi connectivity index (χ0) is 14.0. The molecule has 1 amide bonds. The van der Waals surface area contributed by atoms with E-state index >= 15 is 0 Å². The number of hydrogen-bond donors (Lipinski definition) is 1. The Morgan fingerprint density at radius 3 is 2.68 bits per heavy atom. The average molecular weight is 259 g/mol. The van der Waals surface area contributed by atoms with E-state index in [9.17, 15) is 4.79 Å². The number of hydrogen-bond acceptors (Lipinski definition) is 2. The van der Waals surface area contributed by atoms with Gasteiger partial charge in [-0.05, 0) is 44.9 Å². The zero-order valence-corrected chi connectivity index (χ0v) is 12.0. The van der Waals surface area contributed by atoms with Gasteiger partial charge in [0.15, 0.2) is 0 Å². The van der Waals surface area contributed by atoms with Crippen LogP contribution in [0.15, 0.2) is 28.9 Å². The number of rotatable bonds is 3. The molecule has 2 aromatic rings. The first-order chi connectivity index (χ1) is 8.89. The summed E-state index contributed by atoms with van der Waals surface area (Å²) in [6, 6.07) is 6.14. The number of furan rings is 1. The van der Waals surface area contributed by atoms with Gasteiger partial charge >= 0.3 is 0 Å². The highest BCUT2D eigenvalue weighted by molar-refractivity contribution is 5.88. The minimum atomic E-state index is -0.203. The van der Waals surface area contributed by atoms with Crippen LogP contribution in [0.1, 0.15) is 38.8 Å². The number of amides is 1. The Balaban J connectivity index is 2.23. The zero-order valence-electron chi connectivity index (χ0n) is 12.0.